The van der Waals surface area contributed by atoms with E-state index in [9.17, 15) is 13.2 Å². The largest absolute Gasteiger partial charge is 0.403 e. The fourth-order valence-electron chi connectivity index (χ4n) is 2.29. The highest BCUT2D eigenvalue weighted by Gasteiger charge is 2.18. The van der Waals surface area contributed by atoms with E-state index < -0.39 is 15.7 Å². The molecular formula is C18H16ClN3O4S. The molecule has 0 aliphatic rings. The molecule has 0 aliphatic carbocycles. The van der Waals surface area contributed by atoms with Gasteiger partial charge in [-0.2, -0.15) is 0 Å². The molecule has 27 heavy (non-hydrogen) atoms. The van der Waals surface area contributed by atoms with Crippen LogP contribution in [0.15, 0.2) is 57.8 Å². The summed E-state index contributed by atoms with van der Waals surface area (Å²) < 4.78 is 29.9. The Labute approximate surface area is 161 Å². The van der Waals surface area contributed by atoms with Crippen LogP contribution in [0.5, 0.6) is 0 Å². The maximum Gasteiger partial charge on any atom is 0.322 e. The summed E-state index contributed by atoms with van der Waals surface area (Å²) >= 11 is 6.06. The summed E-state index contributed by atoms with van der Waals surface area (Å²) in [5.41, 5.74) is 1.49. The standard InChI is InChI=1S/C18H16ClN3O4S/c1-12-6-8-13(9-7-12)27(24,25)11-10-16(23)20-18-22-21-17(26-18)14-4-2-3-5-15(14)19/h2-9H,10-11H2,1H3,(H,20,22,23). The highest BCUT2D eigenvalue weighted by atomic mass is 35.5. The first-order valence-electron chi connectivity index (χ1n) is 8.03. The number of carbonyl (C=O) groups is 1. The second-order valence-corrected chi connectivity index (χ2v) is 8.34. The molecule has 2 aromatic carbocycles. The number of carbonyl (C=O) groups excluding carboxylic acids is 1. The minimum atomic E-state index is -3.55. The first-order valence-corrected chi connectivity index (χ1v) is 10.1. The van der Waals surface area contributed by atoms with Gasteiger partial charge in [-0.1, -0.05) is 46.5 Å². The lowest BCUT2D eigenvalue weighted by Crippen LogP contribution is -2.17. The third-order valence-electron chi connectivity index (χ3n) is 3.75. The number of amides is 1. The van der Waals surface area contributed by atoms with E-state index in [1.165, 1.54) is 12.1 Å². The number of rotatable bonds is 6. The van der Waals surface area contributed by atoms with Crippen molar-refractivity contribution < 1.29 is 17.6 Å². The van der Waals surface area contributed by atoms with Gasteiger partial charge in [0, 0.05) is 6.42 Å². The molecule has 7 nitrogen and oxygen atoms in total. The maximum atomic E-state index is 12.3. The maximum absolute atomic E-state index is 12.3. The van der Waals surface area contributed by atoms with Gasteiger partial charge >= 0.3 is 6.01 Å². The second kappa shape index (κ2) is 7.89. The van der Waals surface area contributed by atoms with Crippen molar-refractivity contribution in [2.75, 3.05) is 11.1 Å². The van der Waals surface area contributed by atoms with Crippen LogP contribution in [-0.4, -0.2) is 30.3 Å². The van der Waals surface area contributed by atoms with Gasteiger partial charge in [-0.25, -0.2) is 8.42 Å². The number of benzene rings is 2. The van der Waals surface area contributed by atoms with Gasteiger partial charge in [0.05, 0.1) is 21.2 Å². The molecule has 1 aromatic heterocycles. The molecule has 0 fully saturated rings. The number of nitrogens with one attached hydrogen (secondary N) is 1. The quantitative estimate of drug-likeness (QED) is 0.673. The van der Waals surface area contributed by atoms with E-state index in [2.05, 4.69) is 15.5 Å². The number of hydrogen-bond donors (Lipinski definition) is 1. The zero-order chi connectivity index (χ0) is 19.4. The SMILES string of the molecule is Cc1ccc(S(=O)(=O)CCC(=O)Nc2nnc(-c3ccccc3Cl)o2)cc1. The smallest absolute Gasteiger partial charge is 0.322 e. The van der Waals surface area contributed by atoms with Gasteiger partial charge in [0.2, 0.25) is 5.91 Å². The number of halogens is 1. The van der Waals surface area contributed by atoms with Crippen molar-refractivity contribution in [3.63, 3.8) is 0 Å². The van der Waals surface area contributed by atoms with E-state index in [0.717, 1.165) is 5.56 Å². The summed E-state index contributed by atoms with van der Waals surface area (Å²) in [6, 6.07) is 13.3. The average molecular weight is 406 g/mol. The van der Waals surface area contributed by atoms with Gasteiger partial charge < -0.3 is 4.42 Å². The first-order chi connectivity index (χ1) is 12.8. The minimum Gasteiger partial charge on any atom is -0.403 e. The van der Waals surface area contributed by atoms with Gasteiger partial charge in [-0.05, 0) is 31.2 Å². The fraction of sp³-hybridized carbons (Fsp3) is 0.167. The molecule has 1 N–H and O–H groups in total. The van der Waals surface area contributed by atoms with Gasteiger partial charge in [0.15, 0.2) is 9.84 Å². The molecule has 3 rings (SSSR count). The molecular weight excluding hydrogens is 390 g/mol. The van der Waals surface area contributed by atoms with Crippen molar-refractivity contribution in [3.8, 4) is 11.5 Å². The van der Waals surface area contributed by atoms with Gasteiger partial charge in [-0.3, -0.25) is 10.1 Å². The van der Waals surface area contributed by atoms with E-state index in [-0.39, 0.29) is 29.0 Å². The van der Waals surface area contributed by atoms with E-state index in [1.807, 2.05) is 6.92 Å². The van der Waals surface area contributed by atoms with Gasteiger partial charge in [0.25, 0.3) is 5.89 Å². The normalized spacial score (nSPS) is 11.3. The zero-order valence-electron chi connectivity index (χ0n) is 14.3. The topological polar surface area (TPSA) is 102 Å². The van der Waals surface area contributed by atoms with Gasteiger partial charge in [0.1, 0.15) is 0 Å². The molecule has 0 unspecified atom stereocenters. The first kappa shape index (κ1) is 19.1. The van der Waals surface area contributed by atoms with Crippen molar-refractivity contribution in [2.24, 2.45) is 0 Å². The molecule has 0 saturated heterocycles. The van der Waals surface area contributed by atoms with E-state index in [4.69, 9.17) is 16.0 Å². The minimum absolute atomic E-state index is 0.123. The number of aromatic nitrogens is 2. The Bertz CT molecular complexity index is 1060. The summed E-state index contributed by atoms with van der Waals surface area (Å²) in [5.74, 6) is -0.712. The van der Waals surface area contributed by atoms with Gasteiger partial charge in [-0.15, -0.1) is 5.10 Å². The van der Waals surface area contributed by atoms with E-state index >= 15 is 0 Å². The molecule has 1 heterocycles. The van der Waals surface area contributed by atoms with Crippen LogP contribution in [0.25, 0.3) is 11.5 Å². The Morgan fingerprint density at radius 1 is 1.11 bits per heavy atom. The van der Waals surface area contributed by atoms with Crippen molar-refractivity contribution in [1.82, 2.24) is 10.2 Å². The van der Waals surface area contributed by atoms with Crippen LogP contribution in [0.1, 0.15) is 12.0 Å². The highest BCUT2D eigenvalue weighted by Crippen LogP contribution is 2.27. The lowest BCUT2D eigenvalue weighted by atomic mass is 10.2. The second-order valence-electron chi connectivity index (χ2n) is 5.82. The van der Waals surface area contributed by atoms with Crippen LogP contribution in [-0.2, 0) is 14.6 Å². The summed E-state index contributed by atoms with van der Waals surface area (Å²) in [5, 5.41) is 10.4. The molecule has 0 bridgehead atoms. The summed E-state index contributed by atoms with van der Waals surface area (Å²) in [6.07, 6.45) is -0.236. The number of sulfone groups is 1. The molecule has 9 heteroatoms. The van der Waals surface area contributed by atoms with Crippen molar-refractivity contribution in [1.29, 1.82) is 0 Å². The molecule has 0 saturated carbocycles. The number of hydrogen-bond acceptors (Lipinski definition) is 6. The molecule has 0 aliphatic heterocycles. The third kappa shape index (κ3) is 4.72. The number of anilines is 1. The zero-order valence-corrected chi connectivity index (χ0v) is 15.9. The monoisotopic (exact) mass is 405 g/mol. The Kier molecular flexibility index (Phi) is 5.57. The van der Waals surface area contributed by atoms with Crippen molar-refractivity contribution in [2.45, 2.75) is 18.2 Å². The predicted molar refractivity (Wildman–Crippen MR) is 101 cm³/mol. The molecule has 1 amide bonds. The van der Waals surface area contributed by atoms with Crippen LogP contribution in [0, 0.1) is 6.92 Å². The van der Waals surface area contributed by atoms with Crippen LogP contribution >= 0.6 is 11.6 Å². The van der Waals surface area contributed by atoms with Crippen LogP contribution in [0.4, 0.5) is 6.01 Å². The highest BCUT2D eigenvalue weighted by molar-refractivity contribution is 7.91. The molecule has 3 aromatic rings. The lowest BCUT2D eigenvalue weighted by molar-refractivity contribution is -0.115. The fourth-order valence-corrected chi connectivity index (χ4v) is 3.75. The predicted octanol–water partition coefficient (Wildman–Crippen LogP) is 3.50. The number of aryl methyl sites for hydroxylation is 1. The molecule has 0 atom stereocenters. The molecule has 0 radical (unpaired) electrons. The number of nitrogens with zero attached hydrogens (tertiary/aromatic N) is 2. The van der Waals surface area contributed by atoms with Crippen LogP contribution in [0.3, 0.4) is 0 Å². The summed E-state index contributed by atoms with van der Waals surface area (Å²) in [7, 11) is -3.55. The Balaban J connectivity index is 1.62. The Morgan fingerprint density at radius 2 is 1.81 bits per heavy atom. The molecule has 140 valence electrons. The molecule has 0 spiro atoms. The van der Waals surface area contributed by atoms with Crippen molar-refractivity contribution in [3.05, 3.63) is 59.1 Å². The summed E-state index contributed by atoms with van der Waals surface area (Å²) in [6.45, 7) is 1.87. The Hall–Kier alpha value is -2.71. The van der Waals surface area contributed by atoms with Crippen LogP contribution in [0.2, 0.25) is 5.02 Å². The average Bonchev–Trinajstić information content (AvgIpc) is 3.09. The summed E-state index contributed by atoms with van der Waals surface area (Å²) in [4.78, 5) is 12.2. The lowest BCUT2D eigenvalue weighted by Gasteiger charge is -2.04. The van der Waals surface area contributed by atoms with Crippen LogP contribution < -0.4 is 5.32 Å². The van der Waals surface area contributed by atoms with E-state index in [1.54, 1.807) is 36.4 Å². The Morgan fingerprint density at radius 3 is 2.52 bits per heavy atom. The van der Waals surface area contributed by atoms with Crippen molar-refractivity contribution >= 4 is 33.4 Å². The van der Waals surface area contributed by atoms with E-state index in [0.29, 0.717) is 10.6 Å². The third-order valence-corrected chi connectivity index (χ3v) is 5.82.